The van der Waals surface area contributed by atoms with Crippen molar-refractivity contribution < 1.29 is 9.84 Å². The van der Waals surface area contributed by atoms with E-state index < -0.39 is 0 Å². The van der Waals surface area contributed by atoms with Gasteiger partial charge in [0.15, 0.2) is 0 Å². The molecule has 102 valence electrons. The van der Waals surface area contributed by atoms with E-state index in [1.165, 1.54) is 0 Å². The van der Waals surface area contributed by atoms with Gasteiger partial charge in [-0.25, -0.2) is 0 Å². The maximum absolute atomic E-state index is 9.82. The Morgan fingerprint density at radius 2 is 2.06 bits per heavy atom. The van der Waals surface area contributed by atoms with Crippen LogP contribution < -0.4 is 0 Å². The average Bonchev–Trinajstić information content (AvgIpc) is 2.21. The molecular weight excluding hydrogens is 214 g/mol. The van der Waals surface area contributed by atoms with E-state index in [0.717, 1.165) is 32.4 Å². The lowest BCUT2D eigenvalue weighted by Crippen LogP contribution is -2.49. The third kappa shape index (κ3) is 4.57. The molecule has 0 aromatic rings. The van der Waals surface area contributed by atoms with E-state index in [2.05, 4.69) is 39.6 Å². The minimum atomic E-state index is -0.124. The van der Waals surface area contributed by atoms with Gasteiger partial charge in [0.05, 0.1) is 18.8 Å². The fourth-order valence-electron chi connectivity index (χ4n) is 2.76. The maximum Gasteiger partial charge on any atom is 0.0596 e. The van der Waals surface area contributed by atoms with Crippen molar-refractivity contribution in [3.63, 3.8) is 0 Å². The zero-order chi connectivity index (χ0) is 13.1. The molecule has 0 radical (unpaired) electrons. The lowest BCUT2D eigenvalue weighted by atomic mass is 9.71. The van der Waals surface area contributed by atoms with E-state index in [9.17, 15) is 5.11 Å². The molecule has 1 aliphatic rings. The SMILES string of the molecule is CC(C)OCCN(C)C1CC(O)CCC1(C)C. The highest BCUT2D eigenvalue weighted by atomic mass is 16.5. The Balaban J connectivity index is 2.44. The van der Waals surface area contributed by atoms with Gasteiger partial charge in [0.1, 0.15) is 0 Å². The van der Waals surface area contributed by atoms with Crippen molar-refractivity contribution in [2.75, 3.05) is 20.2 Å². The highest BCUT2D eigenvalue weighted by molar-refractivity contribution is 4.91. The van der Waals surface area contributed by atoms with Gasteiger partial charge in [-0.1, -0.05) is 13.8 Å². The maximum atomic E-state index is 9.82. The van der Waals surface area contributed by atoms with Gasteiger partial charge in [-0.2, -0.15) is 0 Å². The predicted molar refractivity (Wildman–Crippen MR) is 71.1 cm³/mol. The van der Waals surface area contributed by atoms with Crippen LogP contribution in [0.15, 0.2) is 0 Å². The summed E-state index contributed by atoms with van der Waals surface area (Å²) >= 11 is 0. The lowest BCUT2D eigenvalue weighted by molar-refractivity contribution is -0.0168. The predicted octanol–water partition coefficient (Wildman–Crippen LogP) is 2.28. The standard InChI is InChI=1S/C14H29NO2/c1-11(2)17-9-8-15(5)13-10-12(16)6-7-14(13,3)4/h11-13,16H,6-10H2,1-5H3. The van der Waals surface area contributed by atoms with Crippen LogP contribution in [0.1, 0.15) is 47.0 Å². The molecule has 0 aromatic carbocycles. The Hall–Kier alpha value is -0.120. The van der Waals surface area contributed by atoms with Crippen molar-refractivity contribution in [3.8, 4) is 0 Å². The minimum absolute atomic E-state index is 0.124. The highest BCUT2D eigenvalue weighted by Gasteiger charge is 2.37. The summed E-state index contributed by atoms with van der Waals surface area (Å²) in [4.78, 5) is 2.35. The quantitative estimate of drug-likeness (QED) is 0.804. The van der Waals surface area contributed by atoms with Crippen LogP contribution in [0.3, 0.4) is 0 Å². The van der Waals surface area contributed by atoms with Gasteiger partial charge in [0.2, 0.25) is 0 Å². The second-order valence-electron chi connectivity index (χ2n) is 6.33. The van der Waals surface area contributed by atoms with Gasteiger partial charge >= 0.3 is 0 Å². The first-order chi connectivity index (χ1) is 7.83. The summed E-state index contributed by atoms with van der Waals surface area (Å²) in [7, 11) is 2.15. The molecule has 0 bridgehead atoms. The van der Waals surface area contributed by atoms with Crippen molar-refractivity contribution in [2.24, 2.45) is 5.41 Å². The summed E-state index contributed by atoms with van der Waals surface area (Å²) < 4.78 is 5.59. The van der Waals surface area contributed by atoms with Gasteiger partial charge in [-0.15, -0.1) is 0 Å². The molecule has 1 N–H and O–H groups in total. The van der Waals surface area contributed by atoms with Crippen LogP contribution in [0.25, 0.3) is 0 Å². The molecule has 17 heavy (non-hydrogen) atoms. The summed E-state index contributed by atoms with van der Waals surface area (Å²) in [6, 6.07) is 0.460. The summed E-state index contributed by atoms with van der Waals surface area (Å²) in [6.07, 6.45) is 3.12. The van der Waals surface area contributed by atoms with E-state index in [4.69, 9.17) is 4.74 Å². The number of ether oxygens (including phenoxy) is 1. The van der Waals surface area contributed by atoms with E-state index >= 15 is 0 Å². The van der Waals surface area contributed by atoms with E-state index in [1.54, 1.807) is 0 Å². The second kappa shape index (κ2) is 6.17. The monoisotopic (exact) mass is 243 g/mol. The Morgan fingerprint density at radius 1 is 1.41 bits per heavy atom. The number of nitrogens with zero attached hydrogens (tertiary/aromatic N) is 1. The topological polar surface area (TPSA) is 32.7 Å². The van der Waals surface area contributed by atoms with Crippen LogP contribution in [0, 0.1) is 5.41 Å². The van der Waals surface area contributed by atoms with Gasteiger partial charge in [-0.05, 0) is 45.6 Å². The normalized spacial score (nSPS) is 28.9. The van der Waals surface area contributed by atoms with Crippen LogP contribution in [0.5, 0.6) is 0 Å². The highest BCUT2D eigenvalue weighted by Crippen LogP contribution is 2.38. The first kappa shape index (κ1) is 14.9. The first-order valence-corrected chi connectivity index (χ1v) is 6.83. The van der Waals surface area contributed by atoms with Gasteiger partial charge < -0.3 is 14.7 Å². The Morgan fingerprint density at radius 3 is 2.65 bits per heavy atom. The van der Waals surface area contributed by atoms with Crippen molar-refractivity contribution in [2.45, 2.75) is 65.2 Å². The molecule has 2 atom stereocenters. The molecule has 3 heteroatoms. The van der Waals surface area contributed by atoms with Crippen LogP contribution >= 0.6 is 0 Å². The summed E-state index contributed by atoms with van der Waals surface area (Å²) in [5.41, 5.74) is 0.297. The Kier molecular flexibility index (Phi) is 5.42. The molecule has 0 aromatic heterocycles. The van der Waals surface area contributed by atoms with E-state index in [1.807, 2.05) is 0 Å². The van der Waals surface area contributed by atoms with Gasteiger partial charge in [0.25, 0.3) is 0 Å². The molecule has 2 unspecified atom stereocenters. The molecule has 0 spiro atoms. The fourth-order valence-corrected chi connectivity index (χ4v) is 2.76. The smallest absolute Gasteiger partial charge is 0.0596 e. The van der Waals surface area contributed by atoms with Crippen LogP contribution in [0.4, 0.5) is 0 Å². The summed E-state index contributed by atoms with van der Waals surface area (Å²) in [5.74, 6) is 0. The Labute approximate surface area is 106 Å². The van der Waals surface area contributed by atoms with Crippen molar-refractivity contribution in [3.05, 3.63) is 0 Å². The molecule has 0 heterocycles. The third-order valence-electron chi connectivity index (χ3n) is 3.95. The van der Waals surface area contributed by atoms with E-state index in [-0.39, 0.29) is 6.10 Å². The van der Waals surface area contributed by atoms with Crippen LogP contribution in [0.2, 0.25) is 0 Å². The Bertz CT molecular complexity index is 228. The zero-order valence-corrected chi connectivity index (χ0v) is 12.1. The number of likely N-dealkylation sites (N-methyl/N-ethyl adjacent to an activating group) is 1. The summed E-state index contributed by atoms with van der Waals surface area (Å²) in [6.45, 7) is 10.5. The number of rotatable bonds is 5. The molecule has 1 saturated carbocycles. The van der Waals surface area contributed by atoms with Gasteiger partial charge in [0, 0.05) is 12.6 Å². The molecule has 1 fully saturated rings. The van der Waals surface area contributed by atoms with E-state index in [0.29, 0.717) is 17.6 Å². The molecule has 0 aliphatic heterocycles. The third-order valence-corrected chi connectivity index (χ3v) is 3.95. The average molecular weight is 243 g/mol. The van der Waals surface area contributed by atoms with Crippen molar-refractivity contribution in [1.82, 2.24) is 4.90 Å². The molecule has 3 nitrogen and oxygen atoms in total. The molecule has 1 rings (SSSR count). The van der Waals surface area contributed by atoms with Crippen molar-refractivity contribution >= 4 is 0 Å². The summed E-state index contributed by atoms with van der Waals surface area (Å²) in [5, 5.41) is 9.82. The first-order valence-electron chi connectivity index (χ1n) is 6.83. The molecule has 1 aliphatic carbocycles. The fraction of sp³-hybridized carbons (Fsp3) is 1.00. The van der Waals surface area contributed by atoms with Crippen molar-refractivity contribution in [1.29, 1.82) is 0 Å². The zero-order valence-electron chi connectivity index (χ0n) is 12.1. The van der Waals surface area contributed by atoms with Crippen LogP contribution in [-0.2, 0) is 4.74 Å². The second-order valence-corrected chi connectivity index (χ2v) is 6.33. The number of aliphatic hydroxyl groups is 1. The molecular formula is C14H29NO2. The van der Waals surface area contributed by atoms with Gasteiger partial charge in [-0.3, -0.25) is 0 Å². The largest absolute Gasteiger partial charge is 0.393 e. The number of aliphatic hydroxyl groups excluding tert-OH is 1. The number of hydrogen-bond acceptors (Lipinski definition) is 3. The lowest BCUT2D eigenvalue weighted by Gasteiger charge is -2.45. The number of hydrogen-bond donors (Lipinski definition) is 1. The van der Waals surface area contributed by atoms with Crippen LogP contribution in [-0.4, -0.2) is 48.5 Å². The molecule has 0 amide bonds. The molecule has 0 saturated heterocycles. The minimum Gasteiger partial charge on any atom is -0.393 e.